The fraction of sp³-hybridized carbons (Fsp3) is 0.0769. The van der Waals surface area contributed by atoms with Gasteiger partial charge in [-0.05, 0) is 91.7 Å². The van der Waals surface area contributed by atoms with Crippen LogP contribution in [0.2, 0.25) is 0 Å². The van der Waals surface area contributed by atoms with Gasteiger partial charge in [-0.1, -0.05) is 168 Å². The fourth-order valence-electron chi connectivity index (χ4n) is 7.25. The molecule has 6 heteroatoms. The summed E-state index contributed by atoms with van der Waals surface area (Å²) >= 11 is 7.21. The maximum Gasteiger partial charge on any atom is 0.101 e. The van der Waals surface area contributed by atoms with E-state index < -0.39 is 0 Å². The molecule has 0 saturated heterocycles. The van der Waals surface area contributed by atoms with E-state index >= 15 is 0 Å². The van der Waals surface area contributed by atoms with E-state index in [1.54, 1.807) is 47.0 Å². The molecule has 0 radical (unpaired) electrons. The van der Waals surface area contributed by atoms with Crippen LogP contribution < -0.4 is 21.1 Å². The molecule has 0 amide bonds. The van der Waals surface area contributed by atoms with Crippen molar-refractivity contribution in [2.45, 2.75) is 26.2 Å². The molecule has 0 bridgehead atoms. The van der Waals surface area contributed by atoms with Crippen molar-refractivity contribution in [2.75, 3.05) is 0 Å². The van der Waals surface area contributed by atoms with Gasteiger partial charge in [0.1, 0.15) is 26.2 Å². The molecule has 280 valence electrons. The molecule has 0 aromatic heterocycles. The lowest BCUT2D eigenvalue weighted by atomic mass is 9.96. The summed E-state index contributed by atoms with van der Waals surface area (Å²) in [4.78, 5) is 0. The molecule has 0 aliphatic carbocycles. The third-order valence-electron chi connectivity index (χ3n) is 10.2. The van der Waals surface area contributed by atoms with Crippen molar-refractivity contribution in [3.8, 4) is 23.7 Å². The second kappa shape index (κ2) is 18.5. The molecule has 4 N–H and O–H groups in total. The maximum absolute atomic E-state index is 3.51. The molecule has 2 nitrogen and oxygen atoms in total. The van der Waals surface area contributed by atoms with Crippen LogP contribution in [0.3, 0.4) is 0 Å². The van der Waals surface area contributed by atoms with Crippen LogP contribution in [0.1, 0.15) is 44.5 Å². The highest BCUT2D eigenvalue weighted by molar-refractivity contribution is 8.35. The Bertz CT molecular complexity index is 2710. The quantitative estimate of drug-likeness (QED) is 0.118. The molecule has 0 atom stereocenters. The normalized spacial score (nSPS) is 13.2. The lowest BCUT2D eigenvalue weighted by molar-refractivity contribution is -0.686. The smallest absolute Gasteiger partial charge is 0.101 e. The van der Waals surface area contributed by atoms with Gasteiger partial charge >= 0.3 is 0 Å². The van der Waals surface area contributed by atoms with E-state index in [9.17, 15) is 0 Å². The van der Waals surface area contributed by atoms with Gasteiger partial charge in [-0.2, -0.15) is 0 Å². The number of thioether (sulfide) groups is 4. The SMILES string of the molecule is C(#Cc1ccc2c(=C3SC=CS3)c3cc(C#Cc4ccc(C[NH2+]Cc5ccccc5)cc4)ccc3c(=C3SC=CS3)c2c1)c1ccc(C[NH2+]Cc2ccccc2)cc1. The van der Waals surface area contributed by atoms with Gasteiger partial charge in [-0.15, -0.1) is 0 Å². The molecule has 2 aliphatic heterocycles. The molecular formula is C52H40N2S4+2. The van der Waals surface area contributed by atoms with E-state index in [-0.39, 0.29) is 0 Å². The number of fused-ring (bicyclic) bond motifs is 2. The first-order chi connectivity index (χ1) is 28.7. The van der Waals surface area contributed by atoms with Crippen molar-refractivity contribution in [2.24, 2.45) is 0 Å². The Morgan fingerprint density at radius 3 is 1.03 bits per heavy atom. The largest absolute Gasteiger partial charge is 0.339 e. The summed E-state index contributed by atoms with van der Waals surface area (Å²) in [5.41, 5.74) is 9.36. The van der Waals surface area contributed by atoms with Crippen molar-refractivity contribution >= 4 is 77.1 Å². The van der Waals surface area contributed by atoms with Gasteiger partial charge in [0.25, 0.3) is 0 Å². The van der Waals surface area contributed by atoms with Gasteiger partial charge in [0.15, 0.2) is 0 Å². The Morgan fingerprint density at radius 1 is 0.328 bits per heavy atom. The Balaban J connectivity index is 1.01. The molecule has 0 saturated carbocycles. The first-order valence-electron chi connectivity index (χ1n) is 19.4. The minimum atomic E-state index is 0.943. The minimum absolute atomic E-state index is 0.943. The van der Waals surface area contributed by atoms with Gasteiger partial charge in [0, 0.05) is 54.9 Å². The summed E-state index contributed by atoms with van der Waals surface area (Å²) in [5, 5.41) is 20.9. The van der Waals surface area contributed by atoms with Crippen LogP contribution in [0.25, 0.3) is 30.0 Å². The highest BCUT2D eigenvalue weighted by atomic mass is 32.2. The van der Waals surface area contributed by atoms with E-state index in [0.717, 1.165) is 48.4 Å². The van der Waals surface area contributed by atoms with E-state index in [1.807, 2.05) is 0 Å². The number of quaternary nitrogens is 2. The highest BCUT2D eigenvalue weighted by Gasteiger charge is 2.16. The number of rotatable bonds is 8. The Labute approximate surface area is 357 Å². The summed E-state index contributed by atoms with van der Waals surface area (Å²) < 4.78 is 2.59. The lowest BCUT2D eigenvalue weighted by Crippen LogP contribution is -2.80. The third kappa shape index (κ3) is 9.20. The van der Waals surface area contributed by atoms with Gasteiger partial charge in [0.2, 0.25) is 0 Å². The first-order valence-corrected chi connectivity index (χ1v) is 22.9. The highest BCUT2D eigenvalue weighted by Crippen LogP contribution is 2.41. The predicted octanol–water partition coefficient (Wildman–Crippen LogP) is 9.35. The van der Waals surface area contributed by atoms with E-state index in [1.165, 1.54) is 62.7 Å². The zero-order chi connectivity index (χ0) is 38.9. The Morgan fingerprint density at radius 2 is 0.655 bits per heavy atom. The molecular weight excluding hydrogens is 781 g/mol. The average molecular weight is 821 g/mol. The summed E-state index contributed by atoms with van der Waals surface area (Å²) in [6.07, 6.45) is 0. The van der Waals surface area contributed by atoms with Crippen molar-refractivity contribution < 1.29 is 10.6 Å². The topological polar surface area (TPSA) is 33.2 Å². The molecule has 2 heterocycles. The van der Waals surface area contributed by atoms with Crippen LogP contribution in [-0.4, -0.2) is 0 Å². The minimum Gasteiger partial charge on any atom is -0.339 e. The number of hydrogen-bond acceptors (Lipinski definition) is 4. The first kappa shape index (κ1) is 38.2. The van der Waals surface area contributed by atoms with Gasteiger partial charge in [-0.25, -0.2) is 0 Å². The number of benzene rings is 7. The van der Waals surface area contributed by atoms with Crippen LogP contribution in [0.5, 0.6) is 0 Å². The zero-order valence-electron chi connectivity index (χ0n) is 31.8. The predicted molar refractivity (Wildman–Crippen MR) is 253 cm³/mol. The molecule has 7 aromatic carbocycles. The third-order valence-corrected chi connectivity index (χ3v) is 14.4. The summed E-state index contributed by atoms with van der Waals surface area (Å²) in [5.74, 6) is 13.9. The van der Waals surface area contributed by atoms with Gasteiger partial charge < -0.3 is 10.6 Å². The zero-order valence-corrected chi connectivity index (χ0v) is 35.0. The van der Waals surface area contributed by atoms with Gasteiger partial charge in [0.05, 0.1) is 8.47 Å². The fourth-order valence-corrected chi connectivity index (χ4v) is 11.1. The second-order valence-electron chi connectivity index (χ2n) is 14.1. The van der Waals surface area contributed by atoms with Crippen LogP contribution >= 0.6 is 47.0 Å². The van der Waals surface area contributed by atoms with E-state index in [0.29, 0.717) is 0 Å². The monoisotopic (exact) mass is 820 g/mol. The molecule has 58 heavy (non-hydrogen) atoms. The van der Waals surface area contributed by atoms with Crippen LogP contribution in [0.15, 0.2) is 167 Å². The molecule has 0 unspecified atom stereocenters. The molecule has 0 spiro atoms. The molecule has 0 fully saturated rings. The van der Waals surface area contributed by atoms with Crippen molar-refractivity contribution in [3.63, 3.8) is 0 Å². The summed E-state index contributed by atoms with van der Waals surface area (Å²) in [6, 6.07) is 52.2. The maximum atomic E-state index is 3.51. The number of nitrogens with two attached hydrogens (primary N) is 2. The Hall–Kier alpha value is -5.28. The van der Waals surface area contributed by atoms with Crippen molar-refractivity contribution in [1.29, 1.82) is 0 Å². The van der Waals surface area contributed by atoms with Gasteiger partial charge in [-0.3, -0.25) is 0 Å². The van der Waals surface area contributed by atoms with Crippen LogP contribution in [0.4, 0.5) is 0 Å². The molecule has 9 rings (SSSR count). The van der Waals surface area contributed by atoms with Crippen molar-refractivity contribution in [3.05, 3.63) is 222 Å². The molecule has 7 aromatic rings. The average Bonchev–Trinajstić information content (AvgIpc) is 4.02. The van der Waals surface area contributed by atoms with Crippen molar-refractivity contribution in [1.82, 2.24) is 0 Å². The standard InChI is InChI=1S/C52H38N2S4/c1-3-7-41(8-4-1)33-53-35-43-19-13-37(14-20-43)11-17-39-23-25-45-47(31-39)49(51-55-27-28-56-51)46-26-24-40(32-48(46)50(45)52-57-29-30-58-52)18-12-38-15-21-44(22-16-38)36-54-34-42-9-5-2-6-10-42/h1-10,13-16,19-32,53-54H,33-36H2/p+2. The summed E-state index contributed by atoms with van der Waals surface area (Å²) in [6.45, 7) is 3.84. The lowest BCUT2D eigenvalue weighted by Gasteiger charge is -2.12. The Kier molecular flexibility index (Phi) is 12.2. The van der Waals surface area contributed by atoms with Crippen LogP contribution in [0, 0.1) is 23.7 Å². The van der Waals surface area contributed by atoms with E-state index in [4.69, 9.17) is 0 Å². The number of hydrogen-bond donors (Lipinski definition) is 2. The van der Waals surface area contributed by atoms with Crippen LogP contribution in [-0.2, 0) is 26.2 Å². The molecule has 2 aliphatic rings. The second-order valence-corrected chi connectivity index (χ2v) is 18.3. The van der Waals surface area contributed by atoms with E-state index in [2.05, 4.69) is 202 Å². The summed E-state index contributed by atoms with van der Waals surface area (Å²) in [7, 11) is 0.